The maximum absolute atomic E-state index is 12.8. The zero-order valence-electron chi connectivity index (χ0n) is 14.9. The summed E-state index contributed by atoms with van der Waals surface area (Å²) in [6, 6.07) is 7.62. The fraction of sp³-hybridized carbons (Fsp3) is 0.474. The molecule has 0 radical (unpaired) electrons. The van der Waals surface area contributed by atoms with Gasteiger partial charge in [-0.15, -0.1) is 11.3 Å². The van der Waals surface area contributed by atoms with Crippen molar-refractivity contribution in [3.05, 3.63) is 39.8 Å². The Morgan fingerprint density at radius 1 is 1.36 bits per heavy atom. The molecule has 0 saturated carbocycles. The largest absolute Gasteiger partial charge is 0.497 e. The van der Waals surface area contributed by atoms with Crippen LogP contribution in [-0.4, -0.2) is 42.6 Å². The number of methoxy groups -OCH3 is 1. The van der Waals surface area contributed by atoms with Crippen molar-refractivity contribution in [3.8, 4) is 11.5 Å². The van der Waals surface area contributed by atoms with Gasteiger partial charge < -0.3 is 14.4 Å². The molecule has 1 unspecified atom stereocenters. The second-order valence-electron chi connectivity index (χ2n) is 6.40. The number of carbonyl (C=O) groups is 1. The number of rotatable bonds is 5. The topological polar surface area (TPSA) is 51.7 Å². The third-order valence-electron chi connectivity index (χ3n) is 4.43. The summed E-state index contributed by atoms with van der Waals surface area (Å²) in [5, 5.41) is 0.941. The van der Waals surface area contributed by atoms with Gasteiger partial charge >= 0.3 is 0 Å². The van der Waals surface area contributed by atoms with Crippen LogP contribution in [0.4, 0.5) is 0 Å². The highest BCUT2D eigenvalue weighted by molar-refractivity contribution is 7.13. The molecule has 3 rings (SSSR count). The Morgan fingerprint density at radius 3 is 2.88 bits per heavy atom. The van der Waals surface area contributed by atoms with E-state index in [0.717, 1.165) is 53.0 Å². The van der Waals surface area contributed by atoms with Gasteiger partial charge in [0.1, 0.15) is 16.4 Å². The van der Waals surface area contributed by atoms with Crippen molar-refractivity contribution >= 4 is 17.2 Å². The predicted molar refractivity (Wildman–Crippen MR) is 98.7 cm³/mol. The highest BCUT2D eigenvalue weighted by Crippen LogP contribution is 2.25. The molecule has 2 heterocycles. The van der Waals surface area contributed by atoms with Crippen LogP contribution in [-0.2, 0) is 0 Å². The molecule has 25 heavy (non-hydrogen) atoms. The lowest BCUT2D eigenvalue weighted by Crippen LogP contribution is -2.41. The van der Waals surface area contributed by atoms with Crippen molar-refractivity contribution in [1.82, 2.24) is 9.88 Å². The standard InChI is InChI=1S/C19H24N2O3S/c1-13-18(25-14(2)20-13)19(22)21-9-5-6-15(11-21)12-24-17-8-4-7-16(10-17)23-3/h4,7-8,10,15H,5-6,9,11-12H2,1-3H3. The van der Waals surface area contributed by atoms with Gasteiger partial charge in [-0.3, -0.25) is 4.79 Å². The van der Waals surface area contributed by atoms with Crippen molar-refractivity contribution in [2.24, 2.45) is 5.92 Å². The number of likely N-dealkylation sites (tertiary alicyclic amines) is 1. The maximum atomic E-state index is 12.8. The molecule has 1 atom stereocenters. The monoisotopic (exact) mass is 360 g/mol. The zero-order valence-corrected chi connectivity index (χ0v) is 15.8. The summed E-state index contributed by atoms with van der Waals surface area (Å²) in [5.74, 6) is 2.04. The van der Waals surface area contributed by atoms with E-state index in [1.165, 1.54) is 11.3 Å². The predicted octanol–water partition coefficient (Wildman–Crippen LogP) is 3.70. The van der Waals surface area contributed by atoms with E-state index in [1.54, 1.807) is 7.11 Å². The molecular weight excluding hydrogens is 336 g/mol. The van der Waals surface area contributed by atoms with Gasteiger partial charge in [0, 0.05) is 25.1 Å². The first-order chi connectivity index (χ1) is 12.1. The number of benzene rings is 1. The van der Waals surface area contributed by atoms with E-state index in [9.17, 15) is 4.79 Å². The molecule has 2 aromatic rings. The summed E-state index contributed by atoms with van der Waals surface area (Å²) in [5.41, 5.74) is 0.835. The number of ether oxygens (including phenoxy) is 2. The summed E-state index contributed by atoms with van der Waals surface area (Å²) in [4.78, 5) is 19.9. The van der Waals surface area contributed by atoms with Crippen LogP contribution >= 0.6 is 11.3 Å². The Hall–Kier alpha value is -2.08. The summed E-state index contributed by atoms with van der Waals surface area (Å²) in [6.45, 7) is 6.00. The van der Waals surface area contributed by atoms with Gasteiger partial charge in [0.15, 0.2) is 0 Å². The first-order valence-corrected chi connectivity index (χ1v) is 9.38. The molecule has 0 bridgehead atoms. The number of amides is 1. The number of carbonyl (C=O) groups excluding carboxylic acids is 1. The lowest BCUT2D eigenvalue weighted by molar-refractivity contribution is 0.0637. The van der Waals surface area contributed by atoms with Gasteiger partial charge in [0.2, 0.25) is 0 Å². The van der Waals surface area contributed by atoms with E-state index in [2.05, 4.69) is 4.98 Å². The molecular formula is C19H24N2O3S. The molecule has 134 valence electrons. The van der Waals surface area contributed by atoms with E-state index >= 15 is 0 Å². The third-order valence-corrected chi connectivity index (χ3v) is 5.49. The molecule has 0 aliphatic carbocycles. The van der Waals surface area contributed by atoms with Gasteiger partial charge in [-0.05, 0) is 38.8 Å². The number of nitrogens with zero attached hydrogens (tertiary/aromatic N) is 2. The molecule has 0 N–H and O–H groups in total. The number of aromatic nitrogens is 1. The Labute approximate surface area is 152 Å². The van der Waals surface area contributed by atoms with Crippen LogP contribution in [0.3, 0.4) is 0 Å². The highest BCUT2D eigenvalue weighted by atomic mass is 32.1. The van der Waals surface area contributed by atoms with E-state index in [-0.39, 0.29) is 5.91 Å². The van der Waals surface area contributed by atoms with Crippen molar-refractivity contribution in [2.75, 3.05) is 26.8 Å². The van der Waals surface area contributed by atoms with E-state index in [0.29, 0.717) is 12.5 Å². The number of hydrogen-bond acceptors (Lipinski definition) is 5. The lowest BCUT2D eigenvalue weighted by Gasteiger charge is -2.32. The van der Waals surface area contributed by atoms with Crippen LogP contribution in [0, 0.1) is 19.8 Å². The van der Waals surface area contributed by atoms with Gasteiger partial charge in [0.25, 0.3) is 5.91 Å². The molecule has 0 spiro atoms. The van der Waals surface area contributed by atoms with Crippen LogP contribution in [0.15, 0.2) is 24.3 Å². The Bertz CT molecular complexity index is 744. The first kappa shape index (κ1) is 17.7. The zero-order chi connectivity index (χ0) is 17.8. The minimum atomic E-state index is 0.106. The molecule has 6 heteroatoms. The average Bonchev–Trinajstić information content (AvgIpc) is 2.98. The van der Waals surface area contributed by atoms with Crippen LogP contribution in [0.2, 0.25) is 0 Å². The number of aryl methyl sites for hydroxylation is 2. The molecule has 1 aromatic carbocycles. The van der Waals surface area contributed by atoms with Crippen molar-refractivity contribution < 1.29 is 14.3 Å². The minimum absolute atomic E-state index is 0.106. The van der Waals surface area contributed by atoms with Crippen LogP contribution < -0.4 is 9.47 Å². The smallest absolute Gasteiger partial charge is 0.265 e. The van der Waals surface area contributed by atoms with Gasteiger partial charge in [0.05, 0.1) is 24.4 Å². The van der Waals surface area contributed by atoms with E-state index < -0.39 is 0 Å². The fourth-order valence-corrected chi connectivity index (χ4v) is 4.05. The SMILES string of the molecule is COc1cccc(OCC2CCCN(C(=O)c3sc(C)nc3C)C2)c1. The molecule has 1 aliphatic rings. The molecule has 1 aliphatic heterocycles. The second-order valence-corrected chi connectivity index (χ2v) is 7.60. The van der Waals surface area contributed by atoms with E-state index in [4.69, 9.17) is 9.47 Å². The number of piperidine rings is 1. The Morgan fingerprint density at radius 2 is 2.16 bits per heavy atom. The summed E-state index contributed by atoms with van der Waals surface area (Å²) >= 11 is 1.48. The minimum Gasteiger partial charge on any atom is -0.497 e. The van der Waals surface area contributed by atoms with Gasteiger partial charge in [-0.2, -0.15) is 0 Å². The Balaban J connectivity index is 1.59. The molecule has 1 aromatic heterocycles. The summed E-state index contributed by atoms with van der Waals surface area (Å²) in [7, 11) is 1.65. The third kappa shape index (κ3) is 4.31. The summed E-state index contributed by atoms with van der Waals surface area (Å²) in [6.07, 6.45) is 2.09. The molecule has 1 saturated heterocycles. The van der Waals surface area contributed by atoms with Gasteiger partial charge in [-0.25, -0.2) is 4.98 Å². The fourth-order valence-electron chi connectivity index (χ4n) is 3.16. The molecule has 1 fully saturated rings. The first-order valence-electron chi connectivity index (χ1n) is 8.57. The average molecular weight is 360 g/mol. The number of thiazole rings is 1. The maximum Gasteiger partial charge on any atom is 0.265 e. The van der Waals surface area contributed by atoms with Crippen LogP contribution in [0.5, 0.6) is 11.5 Å². The normalized spacial score (nSPS) is 17.4. The van der Waals surface area contributed by atoms with Crippen molar-refractivity contribution in [3.63, 3.8) is 0 Å². The Kier molecular flexibility index (Phi) is 5.58. The highest BCUT2D eigenvalue weighted by Gasteiger charge is 2.27. The molecule has 1 amide bonds. The second kappa shape index (κ2) is 7.87. The van der Waals surface area contributed by atoms with E-state index in [1.807, 2.05) is 43.0 Å². The lowest BCUT2D eigenvalue weighted by atomic mass is 9.98. The van der Waals surface area contributed by atoms with Crippen LogP contribution in [0.25, 0.3) is 0 Å². The van der Waals surface area contributed by atoms with Gasteiger partial charge in [-0.1, -0.05) is 6.07 Å². The quantitative estimate of drug-likeness (QED) is 0.816. The number of hydrogen-bond donors (Lipinski definition) is 0. The summed E-state index contributed by atoms with van der Waals surface area (Å²) < 4.78 is 11.1. The van der Waals surface area contributed by atoms with Crippen molar-refractivity contribution in [1.29, 1.82) is 0 Å². The van der Waals surface area contributed by atoms with Crippen LogP contribution in [0.1, 0.15) is 33.2 Å². The van der Waals surface area contributed by atoms with Crippen molar-refractivity contribution in [2.45, 2.75) is 26.7 Å². The molecule has 5 nitrogen and oxygen atoms in total.